The average Bonchev–Trinajstić information content (AvgIpc) is 2.62. The van der Waals surface area contributed by atoms with Crippen LogP contribution in [0.2, 0.25) is 0 Å². The summed E-state index contributed by atoms with van der Waals surface area (Å²) in [7, 11) is 0. The summed E-state index contributed by atoms with van der Waals surface area (Å²) in [5, 5.41) is 11.1. The zero-order valence-electron chi connectivity index (χ0n) is 8.86. The van der Waals surface area contributed by atoms with Crippen molar-refractivity contribution < 1.29 is 5.11 Å². The molecule has 0 aliphatic carbocycles. The summed E-state index contributed by atoms with van der Waals surface area (Å²) in [6.07, 6.45) is 2.59. The molecule has 0 fully saturated rings. The van der Waals surface area contributed by atoms with E-state index in [-0.39, 0.29) is 6.10 Å². The van der Waals surface area contributed by atoms with Gasteiger partial charge >= 0.3 is 0 Å². The molecule has 0 saturated heterocycles. The lowest BCUT2D eigenvalue weighted by atomic mass is 10.4. The van der Waals surface area contributed by atoms with Crippen molar-refractivity contribution in [1.82, 2.24) is 4.98 Å². The second-order valence-electron chi connectivity index (χ2n) is 3.36. The molecule has 1 heterocycles. The molecule has 1 aromatic heterocycles. The molecule has 4 heteroatoms. The molecule has 2 nitrogen and oxygen atoms in total. The lowest BCUT2D eigenvalue weighted by Crippen LogP contribution is -1.92. The van der Waals surface area contributed by atoms with Gasteiger partial charge in [-0.05, 0) is 13.3 Å². The van der Waals surface area contributed by atoms with Gasteiger partial charge < -0.3 is 5.11 Å². The van der Waals surface area contributed by atoms with Crippen molar-refractivity contribution in [2.45, 2.75) is 44.3 Å². The van der Waals surface area contributed by atoms with E-state index in [9.17, 15) is 5.11 Å². The highest BCUT2D eigenvalue weighted by Gasteiger charge is 2.07. The summed E-state index contributed by atoms with van der Waals surface area (Å²) >= 11 is 3.53. The summed E-state index contributed by atoms with van der Waals surface area (Å²) in [5.74, 6) is 0.965. The van der Waals surface area contributed by atoms with Crippen LogP contribution >= 0.6 is 23.1 Å². The van der Waals surface area contributed by atoms with Crippen molar-refractivity contribution in [3.63, 3.8) is 0 Å². The van der Waals surface area contributed by atoms with E-state index < -0.39 is 0 Å². The van der Waals surface area contributed by atoms with Crippen molar-refractivity contribution in [3.05, 3.63) is 16.1 Å². The molecular weight excluding hydrogens is 214 g/mol. The summed E-state index contributed by atoms with van der Waals surface area (Å²) in [6.45, 7) is 6.20. The Morgan fingerprint density at radius 3 is 2.79 bits per heavy atom. The molecule has 1 aromatic rings. The average molecular weight is 231 g/mol. The highest BCUT2D eigenvalue weighted by Crippen LogP contribution is 2.25. The zero-order chi connectivity index (χ0) is 10.6. The molecule has 80 valence electrons. The number of rotatable bonds is 5. The number of thioether (sulfide) groups is 1. The minimum atomic E-state index is -0.380. The predicted octanol–water partition coefficient (Wildman–Crippen LogP) is 3.23. The van der Waals surface area contributed by atoms with Crippen LogP contribution in [-0.4, -0.2) is 15.3 Å². The van der Waals surface area contributed by atoms with Gasteiger partial charge in [0.05, 0.1) is 11.0 Å². The number of aliphatic hydroxyl groups excluding tert-OH is 1. The van der Waals surface area contributed by atoms with Crippen molar-refractivity contribution in [2.75, 3.05) is 0 Å². The molecule has 0 spiro atoms. The molecule has 14 heavy (non-hydrogen) atoms. The largest absolute Gasteiger partial charge is 0.388 e. The van der Waals surface area contributed by atoms with Crippen LogP contribution in [0.1, 0.15) is 43.2 Å². The predicted molar refractivity (Wildman–Crippen MR) is 63.8 cm³/mol. The van der Waals surface area contributed by atoms with Crippen molar-refractivity contribution in [1.29, 1.82) is 0 Å². The standard InChI is InChI=1S/C10H17NOS2/c1-4-7(2)13-6-10-11-5-9(14-10)8(3)12/h5,7-8,12H,4,6H2,1-3H3. The van der Waals surface area contributed by atoms with Crippen molar-refractivity contribution in [2.24, 2.45) is 0 Å². The summed E-state index contributed by atoms with van der Waals surface area (Å²) in [5.41, 5.74) is 0. The lowest BCUT2D eigenvalue weighted by molar-refractivity contribution is 0.203. The fraction of sp³-hybridized carbons (Fsp3) is 0.700. The molecule has 0 aliphatic heterocycles. The van der Waals surface area contributed by atoms with E-state index in [1.165, 1.54) is 6.42 Å². The first-order valence-corrected chi connectivity index (χ1v) is 6.74. The molecule has 0 aromatic carbocycles. The Kier molecular flexibility index (Phi) is 4.92. The van der Waals surface area contributed by atoms with E-state index in [1.807, 2.05) is 11.8 Å². The second-order valence-corrected chi connectivity index (χ2v) is 5.94. The number of nitrogens with zero attached hydrogens (tertiary/aromatic N) is 1. The Morgan fingerprint density at radius 2 is 2.29 bits per heavy atom. The molecule has 0 aliphatic rings. The molecule has 0 bridgehead atoms. The molecule has 1 rings (SSSR count). The van der Waals surface area contributed by atoms with E-state index in [2.05, 4.69) is 18.8 Å². The third kappa shape index (κ3) is 3.59. The minimum Gasteiger partial charge on any atom is -0.388 e. The Balaban J connectivity index is 2.44. The molecule has 0 saturated carbocycles. The maximum atomic E-state index is 9.32. The summed E-state index contributed by atoms with van der Waals surface area (Å²) in [6, 6.07) is 0. The minimum absolute atomic E-state index is 0.380. The Hall–Kier alpha value is -0.0600. The summed E-state index contributed by atoms with van der Waals surface area (Å²) < 4.78 is 0. The van der Waals surface area contributed by atoms with Gasteiger partial charge in [0.25, 0.3) is 0 Å². The third-order valence-corrected chi connectivity index (χ3v) is 4.74. The van der Waals surface area contributed by atoms with Gasteiger partial charge in [0, 0.05) is 17.2 Å². The fourth-order valence-electron chi connectivity index (χ4n) is 0.916. The van der Waals surface area contributed by atoms with Gasteiger partial charge in [-0.2, -0.15) is 11.8 Å². The van der Waals surface area contributed by atoms with Crippen LogP contribution in [0, 0.1) is 0 Å². The first-order chi connectivity index (χ1) is 6.63. The highest BCUT2D eigenvalue weighted by atomic mass is 32.2. The Morgan fingerprint density at radius 1 is 1.57 bits per heavy atom. The molecule has 0 radical (unpaired) electrons. The molecule has 0 amide bonds. The normalized spacial score (nSPS) is 15.4. The van der Waals surface area contributed by atoms with E-state index in [4.69, 9.17) is 0 Å². The molecule has 1 N–H and O–H groups in total. The SMILES string of the molecule is CCC(C)SCc1ncc(C(C)O)s1. The van der Waals surface area contributed by atoms with Gasteiger partial charge in [0.1, 0.15) is 5.01 Å². The van der Waals surface area contributed by atoms with E-state index in [0.29, 0.717) is 5.25 Å². The van der Waals surface area contributed by atoms with Crippen LogP contribution in [0.15, 0.2) is 6.20 Å². The molecule has 2 unspecified atom stereocenters. The van der Waals surface area contributed by atoms with Crippen LogP contribution < -0.4 is 0 Å². The first kappa shape index (κ1) is 12.0. The van der Waals surface area contributed by atoms with E-state index >= 15 is 0 Å². The lowest BCUT2D eigenvalue weighted by Gasteiger charge is -2.05. The quantitative estimate of drug-likeness (QED) is 0.844. The number of aromatic nitrogens is 1. The Labute approximate surface area is 93.8 Å². The van der Waals surface area contributed by atoms with Crippen LogP contribution in [0.4, 0.5) is 0 Å². The summed E-state index contributed by atoms with van der Waals surface area (Å²) in [4.78, 5) is 5.24. The topological polar surface area (TPSA) is 33.1 Å². The van der Waals surface area contributed by atoms with Crippen molar-refractivity contribution >= 4 is 23.1 Å². The number of hydrogen-bond acceptors (Lipinski definition) is 4. The first-order valence-electron chi connectivity index (χ1n) is 4.87. The van der Waals surface area contributed by atoms with E-state index in [1.54, 1.807) is 24.5 Å². The van der Waals surface area contributed by atoms with Crippen LogP contribution in [-0.2, 0) is 5.75 Å². The second kappa shape index (κ2) is 5.73. The van der Waals surface area contributed by atoms with E-state index in [0.717, 1.165) is 15.6 Å². The number of aliphatic hydroxyl groups is 1. The van der Waals surface area contributed by atoms with Gasteiger partial charge in [-0.25, -0.2) is 4.98 Å². The number of hydrogen-bond donors (Lipinski definition) is 1. The maximum Gasteiger partial charge on any atom is 0.103 e. The van der Waals surface area contributed by atoms with Gasteiger partial charge in [0.15, 0.2) is 0 Å². The van der Waals surface area contributed by atoms with Crippen LogP contribution in [0.3, 0.4) is 0 Å². The molecule has 2 atom stereocenters. The Bertz CT molecular complexity index is 273. The maximum absolute atomic E-state index is 9.32. The third-order valence-electron chi connectivity index (χ3n) is 2.05. The van der Waals surface area contributed by atoms with Crippen molar-refractivity contribution in [3.8, 4) is 0 Å². The van der Waals surface area contributed by atoms with Gasteiger partial charge in [0.2, 0.25) is 0 Å². The zero-order valence-corrected chi connectivity index (χ0v) is 10.5. The van der Waals surface area contributed by atoms with Gasteiger partial charge in [-0.3, -0.25) is 0 Å². The smallest absolute Gasteiger partial charge is 0.103 e. The van der Waals surface area contributed by atoms with Crippen LogP contribution in [0.25, 0.3) is 0 Å². The molecular formula is C10H17NOS2. The van der Waals surface area contributed by atoms with Gasteiger partial charge in [-0.15, -0.1) is 11.3 Å². The fourth-order valence-corrected chi connectivity index (χ4v) is 2.75. The number of thiazole rings is 1. The monoisotopic (exact) mass is 231 g/mol. The van der Waals surface area contributed by atoms with Gasteiger partial charge in [-0.1, -0.05) is 13.8 Å². The van der Waals surface area contributed by atoms with Crippen LogP contribution in [0.5, 0.6) is 0 Å². The highest BCUT2D eigenvalue weighted by molar-refractivity contribution is 7.99.